The Morgan fingerprint density at radius 2 is 2.00 bits per heavy atom. The minimum Gasteiger partial charge on any atom is -0.354 e. The van der Waals surface area contributed by atoms with E-state index in [1.54, 1.807) is 17.2 Å². The number of benzene rings is 2. The molecule has 2 aromatic heterocycles. The third-order valence-corrected chi connectivity index (χ3v) is 6.64. The van der Waals surface area contributed by atoms with Gasteiger partial charge in [0.2, 0.25) is 11.9 Å². The second-order valence-corrected chi connectivity index (χ2v) is 8.86. The van der Waals surface area contributed by atoms with Crippen LogP contribution in [-0.4, -0.2) is 63.7 Å². The maximum absolute atomic E-state index is 16.3. The lowest BCUT2D eigenvalue weighted by atomic mass is 9.95. The standard InChI is InChI=1S/C25H25ClFN7O/c1-4-19(35)33-8-10-34(11-9-33)24-15-12-17(26)21(22(27)23(15)30-25(31-24)28-5-2)20-14(3)6-7-18-16(20)13-29-32-18/h4,6-7,12-13H,1,5,8-11H2,2-3H3,(H,29,32)(H,28,30,31). The van der Waals surface area contributed by atoms with Gasteiger partial charge in [0.15, 0.2) is 5.82 Å². The van der Waals surface area contributed by atoms with Gasteiger partial charge in [0.1, 0.15) is 11.3 Å². The van der Waals surface area contributed by atoms with Crippen molar-refractivity contribution >= 4 is 51.1 Å². The molecular formula is C25H25ClFN7O. The highest BCUT2D eigenvalue weighted by Crippen LogP contribution is 2.42. The Labute approximate surface area is 206 Å². The predicted octanol–water partition coefficient (Wildman–Crippen LogP) is 4.54. The number of hydrogen-bond acceptors (Lipinski definition) is 6. The highest BCUT2D eigenvalue weighted by atomic mass is 35.5. The zero-order valence-corrected chi connectivity index (χ0v) is 20.3. The molecule has 0 bridgehead atoms. The Bertz CT molecular complexity index is 1460. The predicted molar refractivity (Wildman–Crippen MR) is 137 cm³/mol. The summed E-state index contributed by atoms with van der Waals surface area (Å²) in [6, 6.07) is 5.56. The number of H-pyrrole nitrogens is 1. The summed E-state index contributed by atoms with van der Waals surface area (Å²) in [5.41, 5.74) is 2.84. The Morgan fingerprint density at radius 1 is 1.23 bits per heavy atom. The van der Waals surface area contributed by atoms with E-state index in [1.807, 2.05) is 30.9 Å². The lowest BCUT2D eigenvalue weighted by Crippen LogP contribution is -2.48. The van der Waals surface area contributed by atoms with E-state index >= 15 is 4.39 Å². The number of aryl methyl sites for hydroxylation is 1. The number of hydrogen-bond donors (Lipinski definition) is 2. The van der Waals surface area contributed by atoms with E-state index in [4.69, 9.17) is 11.6 Å². The third kappa shape index (κ3) is 3.95. The van der Waals surface area contributed by atoms with Crippen molar-refractivity contribution in [3.63, 3.8) is 0 Å². The molecule has 0 spiro atoms. The summed E-state index contributed by atoms with van der Waals surface area (Å²) >= 11 is 6.75. The number of carbonyl (C=O) groups excluding carboxylic acids is 1. The van der Waals surface area contributed by atoms with Crippen molar-refractivity contribution in [2.75, 3.05) is 42.9 Å². The van der Waals surface area contributed by atoms with Crippen LogP contribution in [0.15, 0.2) is 37.1 Å². The molecule has 3 heterocycles. The molecule has 2 N–H and O–H groups in total. The first kappa shape index (κ1) is 23.0. The molecule has 1 aliphatic rings. The molecule has 1 amide bonds. The summed E-state index contributed by atoms with van der Waals surface area (Å²) in [4.78, 5) is 25.0. The Balaban J connectivity index is 1.68. The number of halogens is 2. The van der Waals surface area contributed by atoms with Crippen LogP contribution in [0.5, 0.6) is 0 Å². The van der Waals surface area contributed by atoms with Gasteiger partial charge in [-0.05, 0) is 37.6 Å². The van der Waals surface area contributed by atoms with Crippen LogP contribution in [0.1, 0.15) is 12.5 Å². The number of aromatic amines is 1. The molecule has 8 nitrogen and oxygen atoms in total. The summed E-state index contributed by atoms with van der Waals surface area (Å²) in [5, 5.41) is 11.8. The quantitative estimate of drug-likeness (QED) is 0.397. The van der Waals surface area contributed by atoms with Gasteiger partial charge < -0.3 is 15.1 Å². The summed E-state index contributed by atoms with van der Waals surface area (Å²) in [6.07, 6.45) is 3.00. The first-order valence-electron chi connectivity index (χ1n) is 11.5. The normalized spacial score (nSPS) is 14.1. The minimum atomic E-state index is -0.507. The minimum absolute atomic E-state index is 0.104. The molecule has 0 unspecified atom stereocenters. The zero-order chi connectivity index (χ0) is 24.7. The molecule has 35 heavy (non-hydrogen) atoms. The largest absolute Gasteiger partial charge is 0.354 e. The number of piperazine rings is 1. The maximum Gasteiger partial charge on any atom is 0.246 e. The van der Waals surface area contributed by atoms with E-state index in [0.717, 1.165) is 16.5 Å². The van der Waals surface area contributed by atoms with E-state index in [9.17, 15) is 4.79 Å². The molecular weight excluding hydrogens is 469 g/mol. The maximum atomic E-state index is 16.3. The third-order valence-electron chi connectivity index (χ3n) is 6.35. The smallest absolute Gasteiger partial charge is 0.246 e. The van der Waals surface area contributed by atoms with Crippen LogP contribution >= 0.6 is 11.6 Å². The van der Waals surface area contributed by atoms with E-state index < -0.39 is 5.82 Å². The first-order chi connectivity index (χ1) is 16.9. The Morgan fingerprint density at radius 3 is 2.71 bits per heavy atom. The van der Waals surface area contributed by atoms with Crippen LogP contribution in [0.4, 0.5) is 16.2 Å². The SMILES string of the molecule is C=CC(=O)N1CCN(c2nc(NCC)nc3c(F)c(-c4c(C)ccc5[nH]ncc45)c(Cl)cc23)CC1. The fraction of sp³-hybridized carbons (Fsp3) is 0.280. The molecule has 0 saturated carbocycles. The molecule has 0 atom stereocenters. The lowest BCUT2D eigenvalue weighted by Gasteiger charge is -2.35. The second kappa shape index (κ2) is 9.14. The van der Waals surface area contributed by atoms with Crippen LogP contribution in [0, 0.1) is 12.7 Å². The number of nitrogens with zero attached hydrogens (tertiary/aromatic N) is 5. The van der Waals surface area contributed by atoms with E-state index in [1.165, 1.54) is 6.08 Å². The summed E-state index contributed by atoms with van der Waals surface area (Å²) in [7, 11) is 0. The van der Waals surface area contributed by atoms with Crippen LogP contribution < -0.4 is 10.2 Å². The number of rotatable bonds is 5. The first-order valence-corrected chi connectivity index (χ1v) is 11.8. The Hall–Kier alpha value is -3.72. The highest BCUT2D eigenvalue weighted by molar-refractivity contribution is 6.35. The number of aromatic nitrogens is 4. The van der Waals surface area contributed by atoms with Gasteiger partial charge in [-0.3, -0.25) is 9.89 Å². The van der Waals surface area contributed by atoms with Crippen molar-refractivity contribution in [2.45, 2.75) is 13.8 Å². The molecule has 0 radical (unpaired) electrons. The van der Waals surface area contributed by atoms with Crippen molar-refractivity contribution in [3.8, 4) is 11.1 Å². The van der Waals surface area contributed by atoms with Crippen molar-refractivity contribution in [1.29, 1.82) is 0 Å². The van der Waals surface area contributed by atoms with Gasteiger partial charge in [0.25, 0.3) is 0 Å². The summed E-state index contributed by atoms with van der Waals surface area (Å²) in [5.74, 6) is 0.313. The van der Waals surface area contributed by atoms with E-state index in [-0.39, 0.29) is 22.0 Å². The van der Waals surface area contributed by atoms with E-state index in [2.05, 4.69) is 32.1 Å². The fourth-order valence-corrected chi connectivity index (χ4v) is 4.90. The van der Waals surface area contributed by atoms with Crippen molar-refractivity contribution in [1.82, 2.24) is 25.1 Å². The number of amides is 1. The van der Waals surface area contributed by atoms with Gasteiger partial charge in [-0.1, -0.05) is 24.2 Å². The molecule has 5 rings (SSSR count). The zero-order valence-electron chi connectivity index (χ0n) is 19.5. The van der Waals surface area contributed by atoms with E-state index in [0.29, 0.717) is 55.4 Å². The lowest BCUT2D eigenvalue weighted by molar-refractivity contribution is -0.126. The number of nitrogens with one attached hydrogen (secondary N) is 2. The average molecular weight is 494 g/mol. The van der Waals surface area contributed by atoms with Crippen LogP contribution in [0.3, 0.4) is 0 Å². The van der Waals surface area contributed by atoms with Crippen molar-refractivity contribution in [2.24, 2.45) is 0 Å². The van der Waals surface area contributed by atoms with Crippen LogP contribution in [0.2, 0.25) is 5.02 Å². The second-order valence-electron chi connectivity index (χ2n) is 8.45. The van der Waals surface area contributed by atoms with Gasteiger partial charge in [0, 0.05) is 54.6 Å². The van der Waals surface area contributed by atoms with Crippen molar-refractivity contribution in [3.05, 3.63) is 53.5 Å². The molecule has 1 fully saturated rings. The number of anilines is 2. The van der Waals surface area contributed by atoms with Gasteiger partial charge in [-0.25, -0.2) is 9.37 Å². The summed E-state index contributed by atoms with van der Waals surface area (Å²) < 4.78 is 16.3. The molecule has 0 aliphatic carbocycles. The van der Waals surface area contributed by atoms with Crippen LogP contribution in [-0.2, 0) is 4.79 Å². The topological polar surface area (TPSA) is 90.0 Å². The number of carbonyl (C=O) groups is 1. The molecule has 1 saturated heterocycles. The van der Waals surface area contributed by atoms with Gasteiger partial charge in [0.05, 0.1) is 16.7 Å². The Kier molecular flexibility index (Phi) is 6.02. The average Bonchev–Trinajstić information content (AvgIpc) is 3.34. The van der Waals surface area contributed by atoms with Gasteiger partial charge in [-0.2, -0.15) is 10.1 Å². The molecule has 4 aromatic rings. The molecule has 10 heteroatoms. The highest BCUT2D eigenvalue weighted by Gasteiger charge is 2.26. The number of fused-ring (bicyclic) bond motifs is 2. The van der Waals surface area contributed by atoms with Gasteiger partial charge >= 0.3 is 0 Å². The van der Waals surface area contributed by atoms with Crippen LogP contribution in [0.25, 0.3) is 32.9 Å². The molecule has 1 aliphatic heterocycles. The fourth-order valence-electron chi connectivity index (χ4n) is 4.61. The molecule has 180 valence electrons. The van der Waals surface area contributed by atoms with Gasteiger partial charge in [-0.15, -0.1) is 0 Å². The summed E-state index contributed by atoms with van der Waals surface area (Å²) in [6.45, 7) is 10.1. The monoisotopic (exact) mass is 493 g/mol. The van der Waals surface area contributed by atoms with Crippen molar-refractivity contribution < 1.29 is 9.18 Å². The molecule has 2 aromatic carbocycles.